The summed E-state index contributed by atoms with van der Waals surface area (Å²) < 4.78 is 0.977. The predicted octanol–water partition coefficient (Wildman–Crippen LogP) is 1.48. The van der Waals surface area contributed by atoms with Crippen molar-refractivity contribution in [2.24, 2.45) is 0 Å². The second-order valence-electron chi connectivity index (χ2n) is 3.89. The SMILES string of the molecule is Cc1ccnc(N2CCCNC(=O)C2)c1Br. The number of hydrogen-bond donors (Lipinski definition) is 1. The quantitative estimate of drug-likeness (QED) is 0.849. The van der Waals surface area contributed by atoms with Gasteiger partial charge in [-0.05, 0) is 40.9 Å². The number of anilines is 1. The molecule has 1 N–H and O–H groups in total. The summed E-state index contributed by atoms with van der Waals surface area (Å²) in [5, 5.41) is 2.85. The Bertz CT molecular complexity index is 408. The third-order valence-corrected chi connectivity index (χ3v) is 3.60. The minimum absolute atomic E-state index is 0.0627. The molecular formula is C11H14BrN3O. The first kappa shape index (κ1) is 11.4. The fourth-order valence-corrected chi connectivity index (χ4v) is 2.22. The molecule has 0 bridgehead atoms. The van der Waals surface area contributed by atoms with Gasteiger partial charge in [-0.1, -0.05) is 0 Å². The van der Waals surface area contributed by atoms with Crippen molar-refractivity contribution in [3.05, 3.63) is 22.3 Å². The highest BCUT2D eigenvalue weighted by atomic mass is 79.9. The fraction of sp³-hybridized carbons (Fsp3) is 0.455. The Balaban J connectivity index is 2.28. The van der Waals surface area contributed by atoms with E-state index in [0.717, 1.165) is 35.4 Å². The molecule has 86 valence electrons. The van der Waals surface area contributed by atoms with Gasteiger partial charge in [-0.25, -0.2) is 4.98 Å². The van der Waals surface area contributed by atoms with Gasteiger partial charge in [0.15, 0.2) is 0 Å². The van der Waals surface area contributed by atoms with Gasteiger partial charge in [0.2, 0.25) is 5.91 Å². The molecule has 2 heterocycles. The lowest BCUT2D eigenvalue weighted by molar-refractivity contribution is -0.119. The summed E-state index contributed by atoms with van der Waals surface area (Å²) in [6, 6.07) is 1.95. The molecule has 1 aromatic rings. The average molecular weight is 284 g/mol. The topological polar surface area (TPSA) is 45.2 Å². The number of carbonyl (C=O) groups is 1. The lowest BCUT2D eigenvalue weighted by Crippen LogP contribution is -2.33. The Morgan fingerprint density at radius 3 is 3.19 bits per heavy atom. The number of pyridine rings is 1. The molecule has 1 aliphatic heterocycles. The highest BCUT2D eigenvalue weighted by Gasteiger charge is 2.18. The lowest BCUT2D eigenvalue weighted by atomic mass is 10.3. The number of aromatic nitrogens is 1. The summed E-state index contributed by atoms with van der Waals surface area (Å²) >= 11 is 3.53. The monoisotopic (exact) mass is 283 g/mol. The predicted molar refractivity (Wildman–Crippen MR) is 66.5 cm³/mol. The van der Waals surface area contributed by atoms with Crippen LogP contribution in [0.15, 0.2) is 16.7 Å². The van der Waals surface area contributed by atoms with Crippen LogP contribution in [0, 0.1) is 6.92 Å². The van der Waals surface area contributed by atoms with E-state index in [1.807, 2.05) is 17.9 Å². The van der Waals surface area contributed by atoms with Gasteiger partial charge in [-0.15, -0.1) is 0 Å². The van der Waals surface area contributed by atoms with Crippen LogP contribution in [0.5, 0.6) is 0 Å². The zero-order valence-corrected chi connectivity index (χ0v) is 10.7. The molecule has 1 amide bonds. The molecule has 1 saturated heterocycles. The van der Waals surface area contributed by atoms with Crippen LogP contribution in [0.25, 0.3) is 0 Å². The van der Waals surface area contributed by atoms with E-state index in [1.54, 1.807) is 6.20 Å². The maximum Gasteiger partial charge on any atom is 0.239 e. The third-order valence-electron chi connectivity index (χ3n) is 2.62. The van der Waals surface area contributed by atoms with Crippen molar-refractivity contribution in [1.29, 1.82) is 0 Å². The molecule has 0 aromatic carbocycles. The molecular weight excluding hydrogens is 270 g/mol. The van der Waals surface area contributed by atoms with Crippen molar-refractivity contribution >= 4 is 27.7 Å². The van der Waals surface area contributed by atoms with Crippen molar-refractivity contribution in [3.8, 4) is 0 Å². The molecule has 16 heavy (non-hydrogen) atoms. The fourth-order valence-electron chi connectivity index (χ4n) is 1.73. The van der Waals surface area contributed by atoms with Gasteiger partial charge in [0, 0.05) is 19.3 Å². The number of carbonyl (C=O) groups excluding carboxylic acids is 1. The molecule has 1 aliphatic rings. The molecule has 0 atom stereocenters. The second kappa shape index (κ2) is 4.82. The van der Waals surface area contributed by atoms with E-state index in [4.69, 9.17) is 0 Å². The maximum atomic E-state index is 11.5. The summed E-state index contributed by atoms with van der Waals surface area (Å²) in [4.78, 5) is 17.8. The van der Waals surface area contributed by atoms with Crippen molar-refractivity contribution in [1.82, 2.24) is 10.3 Å². The van der Waals surface area contributed by atoms with Gasteiger partial charge in [0.1, 0.15) is 5.82 Å². The number of halogens is 1. The van der Waals surface area contributed by atoms with Crippen LogP contribution >= 0.6 is 15.9 Å². The molecule has 0 aliphatic carbocycles. The summed E-state index contributed by atoms with van der Waals surface area (Å²) in [7, 11) is 0. The number of aryl methyl sites for hydroxylation is 1. The minimum atomic E-state index is 0.0627. The Morgan fingerprint density at radius 1 is 1.56 bits per heavy atom. The summed E-state index contributed by atoms with van der Waals surface area (Å²) in [6.07, 6.45) is 2.73. The normalized spacial score (nSPS) is 16.9. The number of nitrogens with zero attached hydrogens (tertiary/aromatic N) is 2. The van der Waals surface area contributed by atoms with Crippen molar-refractivity contribution < 1.29 is 4.79 Å². The van der Waals surface area contributed by atoms with E-state index in [1.165, 1.54) is 0 Å². The van der Waals surface area contributed by atoms with E-state index in [2.05, 4.69) is 26.2 Å². The van der Waals surface area contributed by atoms with Crippen molar-refractivity contribution in [2.45, 2.75) is 13.3 Å². The van der Waals surface area contributed by atoms with Crippen LogP contribution in [0.1, 0.15) is 12.0 Å². The number of amides is 1. The number of nitrogens with one attached hydrogen (secondary N) is 1. The van der Waals surface area contributed by atoms with Crippen LogP contribution in [0.3, 0.4) is 0 Å². The van der Waals surface area contributed by atoms with Crippen LogP contribution in [0.2, 0.25) is 0 Å². The molecule has 4 nitrogen and oxygen atoms in total. The molecule has 0 radical (unpaired) electrons. The second-order valence-corrected chi connectivity index (χ2v) is 4.68. The van der Waals surface area contributed by atoms with Gasteiger partial charge in [-0.3, -0.25) is 4.79 Å². The van der Waals surface area contributed by atoms with E-state index in [-0.39, 0.29) is 5.91 Å². The first-order chi connectivity index (χ1) is 7.68. The van der Waals surface area contributed by atoms with Crippen molar-refractivity contribution in [3.63, 3.8) is 0 Å². The first-order valence-corrected chi connectivity index (χ1v) is 6.10. The molecule has 1 fully saturated rings. The average Bonchev–Trinajstić information content (AvgIpc) is 2.47. The van der Waals surface area contributed by atoms with Crippen LogP contribution in [0.4, 0.5) is 5.82 Å². The zero-order valence-electron chi connectivity index (χ0n) is 9.16. The molecule has 0 spiro atoms. The molecule has 2 rings (SSSR count). The van der Waals surface area contributed by atoms with Crippen LogP contribution < -0.4 is 10.2 Å². The van der Waals surface area contributed by atoms with Gasteiger partial charge >= 0.3 is 0 Å². The van der Waals surface area contributed by atoms with Crippen molar-refractivity contribution in [2.75, 3.05) is 24.5 Å². The van der Waals surface area contributed by atoms with Gasteiger partial charge in [0.25, 0.3) is 0 Å². The smallest absolute Gasteiger partial charge is 0.239 e. The highest BCUT2D eigenvalue weighted by Crippen LogP contribution is 2.27. The Labute approximate surface area is 103 Å². The van der Waals surface area contributed by atoms with E-state index in [9.17, 15) is 4.79 Å². The van der Waals surface area contributed by atoms with E-state index >= 15 is 0 Å². The number of rotatable bonds is 1. The summed E-state index contributed by atoms with van der Waals surface area (Å²) in [6.45, 7) is 4.01. The Kier molecular flexibility index (Phi) is 3.43. The first-order valence-electron chi connectivity index (χ1n) is 5.31. The Hall–Kier alpha value is -1.10. The highest BCUT2D eigenvalue weighted by molar-refractivity contribution is 9.10. The Morgan fingerprint density at radius 2 is 2.38 bits per heavy atom. The minimum Gasteiger partial charge on any atom is -0.354 e. The van der Waals surface area contributed by atoms with Crippen LogP contribution in [-0.4, -0.2) is 30.5 Å². The maximum absolute atomic E-state index is 11.5. The summed E-state index contributed by atoms with van der Waals surface area (Å²) in [5.41, 5.74) is 1.13. The lowest BCUT2D eigenvalue weighted by Gasteiger charge is -2.21. The largest absolute Gasteiger partial charge is 0.354 e. The number of hydrogen-bond acceptors (Lipinski definition) is 3. The zero-order chi connectivity index (χ0) is 11.5. The van der Waals surface area contributed by atoms with E-state index < -0.39 is 0 Å². The summed E-state index contributed by atoms with van der Waals surface area (Å²) in [5.74, 6) is 0.921. The van der Waals surface area contributed by atoms with E-state index in [0.29, 0.717) is 6.54 Å². The van der Waals surface area contributed by atoms with Gasteiger partial charge in [0.05, 0.1) is 11.0 Å². The van der Waals surface area contributed by atoms with Gasteiger partial charge in [-0.2, -0.15) is 0 Å². The van der Waals surface area contributed by atoms with Gasteiger partial charge < -0.3 is 10.2 Å². The van der Waals surface area contributed by atoms with Crippen LogP contribution in [-0.2, 0) is 4.79 Å². The molecule has 1 aromatic heterocycles. The molecule has 5 heteroatoms. The third kappa shape index (κ3) is 2.35. The molecule has 0 unspecified atom stereocenters. The molecule has 0 saturated carbocycles. The standard InChI is InChI=1S/C11H14BrN3O/c1-8-3-5-14-11(10(8)12)15-6-2-4-13-9(16)7-15/h3,5H,2,4,6-7H2,1H3,(H,13,16).